The Kier molecular flexibility index (Phi) is 1.94. The maximum absolute atomic E-state index is 10.0. The molecule has 0 unspecified atom stereocenters. The van der Waals surface area contributed by atoms with Crippen molar-refractivity contribution in [2.24, 2.45) is 0 Å². The van der Waals surface area contributed by atoms with E-state index in [0.29, 0.717) is 12.8 Å². The Bertz CT molecular complexity index is 138. The van der Waals surface area contributed by atoms with Crippen LogP contribution >= 0.6 is 0 Å². The highest BCUT2D eigenvalue weighted by Gasteiger charge is 2.39. The van der Waals surface area contributed by atoms with Crippen LogP contribution in [-0.2, 0) is 4.79 Å². The molecule has 2 N–H and O–H groups in total. The molecule has 3 heteroatoms. The molecular formula is C7H12O3. The van der Waals surface area contributed by atoms with Crippen LogP contribution in [0.15, 0.2) is 0 Å². The zero-order valence-electron chi connectivity index (χ0n) is 5.84. The molecule has 0 amide bonds. The van der Waals surface area contributed by atoms with E-state index in [0.717, 1.165) is 12.8 Å². The van der Waals surface area contributed by atoms with E-state index < -0.39 is 11.6 Å². The maximum atomic E-state index is 10.0. The van der Waals surface area contributed by atoms with Gasteiger partial charge in [0.05, 0.1) is 5.60 Å². The third kappa shape index (κ3) is 2.35. The fourth-order valence-corrected chi connectivity index (χ4v) is 0.963. The van der Waals surface area contributed by atoms with Crippen LogP contribution in [0.25, 0.3) is 0 Å². The van der Waals surface area contributed by atoms with Crippen LogP contribution in [0.2, 0.25) is 0 Å². The summed E-state index contributed by atoms with van der Waals surface area (Å²) >= 11 is 0. The molecule has 1 rings (SSSR count). The number of carbonyl (C=O) groups is 1. The Balaban J connectivity index is 2.00. The molecule has 0 aromatic rings. The molecule has 0 aliphatic heterocycles. The molecule has 1 aliphatic rings. The van der Waals surface area contributed by atoms with Crippen LogP contribution in [-0.4, -0.2) is 21.8 Å². The topological polar surface area (TPSA) is 57.5 Å². The number of hydrogen-bond acceptors (Lipinski definition) is 2. The Labute approximate surface area is 59.7 Å². The molecule has 1 fully saturated rings. The van der Waals surface area contributed by atoms with E-state index >= 15 is 0 Å². The van der Waals surface area contributed by atoms with Gasteiger partial charge in [-0.3, -0.25) is 4.79 Å². The molecule has 0 atom stereocenters. The lowest BCUT2D eigenvalue weighted by Crippen LogP contribution is -2.07. The highest BCUT2D eigenvalue weighted by Crippen LogP contribution is 2.39. The number of hydrogen-bond donors (Lipinski definition) is 2. The van der Waals surface area contributed by atoms with Gasteiger partial charge in [-0.2, -0.15) is 0 Å². The first-order valence-corrected chi connectivity index (χ1v) is 3.57. The third-order valence-corrected chi connectivity index (χ3v) is 1.86. The van der Waals surface area contributed by atoms with Gasteiger partial charge in [0.15, 0.2) is 0 Å². The molecule has 0 heterocycles. The summed E-state index contributed by atoms with van der Waals surface area (Å²) in [5, 5.41) is 17.5. The van der Waals surface area contributed by atoms with Gasteiger partial charge in [0.2, 0.25) is 0 Å². The second kappa shape index (κ2) is 2.58. The Morgan fingerprint density at radius 3 is 2.50 bits per heavy atom. The van der Waals surface area contributed by atoms with Crippen molar-refractivity contribution in [3.63, 3.8) is 0 Å². The van der Waals surface area contributed by atoms with Crippen LogP contribution in [0.4, 0.5) is 0 Å². The van der Waals surface area contributed by atoms with E-state index in [9.17, 15) is 9.90 Å². The second-order valence-corrected chi connectivity index (χ2v) is 2.97. The number of rotatable bonds is 4. The van der Waals surface area contributed by atoms with Gasteiger partial charge in [0.1, 0.15) is 0 Å². The van der Waals surface area contributed by atoms with E-state index in [1.165, 1.54) is 0 Å². The van der Waals surface area contributed by atoms with Crippen molar-refractivity contribution >= 4 is 5.97 Å². The van der Waals surface area contributed by atoms with Crippen molar-refractivity contribution in [3.05, 3.63) is 0 Å². The van der Waals surface area contributed by atoms with Crippen molar-refractivity contribution in [2.45, 2.75) is 37.7 Å². The predicted octanol–water partition coefficient (Wildman–Crippen LogP) is 0.766. The summed E-state index contributed by atoms with van der Waals surface area (Å²) in [6, 6.07) is 0. The molecule has 0 aromatic carbocycles. The predicted molar refractivity (Wildman–Crippen MR) is 35.7 cm³/mol. The first-order chi connectivity index (χ1) is 4.62. The molecule has 3 nitrogen and oxygen atoms in total. The minimum atomic E-state index is -0.774. The fourth-order valence-electron chi connectivity index (χ4n) is 0.963. The Morgan fingerprint density at radius 1 is 1.50 bits per heavy atom. The molecule has 0 radical (unpaired) electrons. The SMILES string of the molecule is O=C(O)CCCC1(O)CC1. The average molecular weight is 144 g/mol. The fraction of sp³-hybridized carbons (Fsp3) is 0.857. The van der Waals surface area contributed by atoms with Gasteiger partial charge in [-0.05, 0) is 25.7 Å². The molecule has 58 valence electrons. The highest BCUT2D eigenvalue weighted by atomic mass is 16.4. The minimum absolute atomic E-state index is 0.183. The van der Waals surface area contributed by atoms with Crippen molar-refractivity contribution in [1.29, 1.82) is 0 Å². The van der Waals surface area contributed by atoms with E-state index in [-0.39, 0.29) is 6.42 Å². The summed E-state index contributed by atoms with van der Waals surface area (Å²) in [5.74, 6) is -0.774. The summed E-state index contributed by atoms with van der Waals surface area (Å²) < 4.78 is 0. The van der Waals surface area contributed by atoms with Crippen LogP contribution in [0.5, 0.6) is 0 Å². The molecule has 0 aromatic heterocycles. The minimum Gasteiger partial charge on any atom is -0.481 e. The van der Waals surface area contributed by atoms with E-state index in [2.05, 4.69) is 0 Å². The highest BCUT2D eigenvalue weighted by molar-refractivity contribution is 5.66. The van der Waals surface area contributed by atoms with Gasteiger partial charge < -0.3 is 10.2 Å². The standard InChI is InChI=1S/C7H12O3/c8-6(9)2-1-3-7(10)4-5-7/h10H,1-5H2,(H,8,9). The first-order valence-electron chi connectivity index (χ1n) is 3.57. The van der Waals surface area contributed by atoms with Crippen molar-refractivity contribution in [3.8, 4) is 0 Å². The van der Waals surface area contributed by atoms with Gasteiger partial charge in [-0.25, -0.2) is 0 Å². The largest absolute Gasteiger partial charge is 0.481 e. The lowest BCUT2D eigenvalue weighted by molar-refractivity contribution is -0.137. The molecular weight excluding hydrogens is 132 g/mol. The number of aliphatic hydroxyl groups is 1. The van der Waals surface area contributed by atoms with E-state index in [4.69, 9.17) is 5.11 Å². The maximum Gasteiger partial charge on any atom is 0.303 e. The van der Waals surface area contributed by atoms with Crippen molar-refractivity contribution in [1.82, 2.24) is 0 Å². The van der Waals surface area contributed by atoms with Gasteiger partial charge in [0.25, 0.3) is 0 Å². The normalized spacial score (nSPS) is 20.5. The molecule has 10 heavy (non-hydrogen) atoms. The van der Waals surface area contributed by atoms with Gasteiger partial charge >= 0.3 is 5.97 Å². The lowest BCUT2D eigenvalue weighted by Gasteiger charge is -2.03. The smallest absolute Gasteiger partial charge is 0.303 e. The quantitative estimate of drug-likeness (QED) is 0.612. The van der Waals surface area contributed by atoms with Gasteiger partial charge in [-0.15, -0.1) is 0 Å². The lowest BCUT2D eigenvalue weighted by atomic mass is 10.1. The average Bonchev–Trinajstić information content (AvgIpc) is 2.47. The van der Waals surface area contributed by atoms with Crippen LogP contribution < -0.4 is 0 Å². The number of carboxylic acid groups (broad SMARTS) is 1. The molecule has 0 spiro atoms. The molecule has 1 saturated carbocycles. The van der Waals surface area contributed by atoms with Crippen LogP contribution in [0.3, 0.4) is 0 Å². The number of aliphatic carboxylic acids is 1. The molecule has 0 bridgehead atoms. The third-order valence-electron chi connectivity index (χ3n) is 1.86. The van der Waals surface area contributed by atoms with Gasteiger partial charge in [0, 0.05) is 6.42 Å². The zero-order chi connectivity index (χ0) is 7.61. The Hall–Kier alpha value is -0.570. The summed E-state index contributed by atoms with van der Waals surface area (Å²) in [6.07, 6.45) is 3.15. The summed E-state index contributed by atoms with van der Waals surface area (Å²) in [6.45, 7) is 0. The monoisotopic (exact) mass is 144 g/mol. The second-order valence-electron chi connectivity index (χ2n) is 2.97. The summed E-state index contributed by atoms with van der Waals surface area (Å²) in [5.41, 5.74) is -0.477. The summed E-state index contributed by atoms with van der Waals surface area (Å²) in [4.78, 5) is 10.0. The van der Waals surface area contributed by atoms with Gasteiger partial charge in [-0.1, -0.05) is 0 Å². The zero-order valence-corrected chi connectivity index (χ0v) is 5.84. The summed E-state index contributed by atoms with van der Waals surface area (Å²) in [7, 11) is 0. The first kappa shape index (κ1) is 7.54. The van der Waals surface area contributed by atoms with Crippen LogP contribution in [0, 0.1) is 0 Å². The van der Waals surface area contributed by atoms with E-state index in [1.54, 1.807) is 0 Å². The molecule has 1 aliphatic carbocycles. The Morgan fingerprint density at radius 2 is 2.10 bits per heavy atom. The van der Waals surface area contributed by atoms with E-state index in [1.807, 2.05) is 0 Å². The van der Waals surface area contributed by atoms with Crippen molar-refractivity contribution < 1.29 is 15.0 Å². The molecule has 0 saturated heterocycles. The van der Waals surface area contributed by atoms with Crippen LogP contribution in [0.1, 0.15) is 32.1 Å². The number of carboxylic acids is 1. The van der Waals surface area contributed by atoms with Crippen molar-refractivity contribution in [2.75, 3.05) is 0 Å².